The first-order valence-corrected chi connectivity index (χ1v) is 6.08. The maximum atomic E-state index is 12.0. The van der Waals surface area contributed by atoms with Gasteiger partial charge in [0.25, 0.3) is 5.91 Å². The van der Waals surface area contributed by atoms with Crippen molar-refractivity contribution in [3.63, 3.8) is 0 Å². The van der Waals surface area contributed by atoms with Crippen LogP contribution in [0.1, 0.15) is 10.4 Å². The van der Waals surface area contributed by atoms with Crippen LogP contribution in [0.25, 0.3) is 0 Å². The molecule has 0 fully saturated rings. The van der Waals surface area contributed by atoms with Gasteiger partial charge in [-0.3, -0.25) is 4.79 Å². The highest BCUT2D eigenvalue weighted by Gasteiger charge is 2.12. The first-order chi connectivity index (χ1) is 8.99. The number of anilines is 2. The van der Waals surface area contributed by atoms with Gasteiger partial charge in [0.1, 0.15) is 5.75 Å². The standard InChI is InChI=1S/C13H10Cl2N2O2/c14-9-5-7(6-10(15)12(9)16)17-13(19)8-3-1-2-4-11(8)18/h1-6,18H,16H2,(H,17,19). The summed E-state index contributed by atoms with van der Waals surface area (Å²) in [7, 11) is 0. The van der Waals surface area contributed by atoms with E-state index in [9.17, 15) is 9.90 Å². The second kappa shape index (κ2) is 5.38. The topological polar surface area (TPSA) is 75.3 Å². The highest BCUT2D eigenvalue weighted by molar-refractivity contribution is 6.39. The molecule has 0 spiro atoms. The smallest absolute Gasteiger partial charge is 0.259 e. The Balaban J connectivity index is 2.27. The number of nitrogens with one attached hydrogen (secondary N) is 1. The molecule has 2 rings (SSSR count). The summed E-state index contributed by atoms with van der Waals surface area (Å²) >= 11 is 11.7. The molecule has 4 nitrogen and oxygen atoms in total. The third kappa shape index (κ3) is 2.92. The van der Waals surface area contributed by atoms with Crippen LogP contribution in [0.15, 0.2) is 36.4 Å². The minimum Gasteiger partial charge on any atom is -0.507 e. The SMILES string of the molecule is Nc1c(Cl)cc(NC(=O)c2ccccc2O)cc1Cl. The van der Waals surface area contributed by atoms with Crippen LogP contribution in [0.3, 0.4) is 0 Å². The predicted molar refractivity (Wildman–Crippen MR) is 76.9 cm³/mol. The van der Waals surface area contributed by atoms with Crippen molar-refractivity contribution in [2.24, 2.45) is 0 Å². The van der Waals surface area contributed by atoms with Crippen molar-refractivity contribution in [3.8, 4) is 5.75 Å². The van der Waals surface area contributed by atoms with E-state index in [2.05, 4.69) is 5.32 Å². The lowest BCUT2D eigenvalue weighted by Crippen LogP contribution is -2.12. The van der Waals surface area contributed by atoms with E-state index in [0.717, 1.165) is 0 Å². The van der Waals surface area contributed by atoms with Gasteiger partial charge in [0, 0.05) is 5.69 Å². The number of rotatable bonds is 2. The summed E-state index contributed by atoms with van der Waals surface area (Å²) in [5.74, 6) is -0.567. The molecule has 4 N–H and O–H groups in total. The molecule has 0 heterocycles. The van der Waals surface area contributed by atoms with E-state index in [0.29, 0.717) is 5.69 Å². The van der Waals surface area contributed by atoms with E-state index >= 15 is 0 Å². The summed E-state index contributed by atoms with van der Waals surface area (Å²) in [5, 5.41) is 12.7. The minimum atomic E-state index is -0.463. The third-order valence-electron chi connectivity index (χ3n) is 2.49. The van der Waals surface area contributed by atoms with Crippen molar-refractivity contribution in [1.29, 1.82) is 0 Å². The number of amides is 1. The average Bonchev–Trinajstić information content (AvgIpc) is 2.36. The van der Waals surface area contributed by atoms with Crippen LogP contribution in [0.2, 0.25) is 10.0 Å². The number of nitrogen functional groups attached to an aromatic ring is 1. The van der Waals surface area contributed by atoms with Crippen LogP contribution >= 0.6 is 23.2 Å². The van der Waals surface area contributed by atoms with Crippen LogP contribution in [-0.2, 0) is 0 Å². The van der Waals surface area contributed by atoms with Gasteiger partial charge in [-0.1, -0.05) is 35.3 Å². The number of phenolic OH excluding ortho intramolecular Hbond substituents is 1. The van der Waals surface area contributed by atoms with Crippen molar-refractivity contribution >= 4 is 40.5 Å². The molecule has 0 bridgehead atoms. The lowest BCUT2D eigenvalue weighted by molar-refractivity contribution is 0.102. The van der Waals surface area contributed by atoms with Gasteiger partial charge in [-0.2, -0.15) is 0 Å². The van der Waals surface area contributed by atoms with E-state index in [-0.39, 0.29) is 27.0 Å². The Morgan fingerprint density at radius 1 is 1.16 bits per heavy atom. The fourth-order valence-corrected chi connectivity index (χ4v) is 2.01. The van der Waals surface area contributed by atoms with Crippen LogP contribution in [0.4, 0.5) is 11.4 Å². The molecule has 0 saturated carbocycles. The first-order valence-electron chi connectivity index (χ1n) is 5.33. The highest BCUT2D eigenvalue weighted by Crippen LogP contribution is 2.31. The molecular weight excluding hydrogens is 287 g/mol. The summed E-state index contributed by atoms with van der Waals surface area (Å²) in [4.78, 5) is 12.0. The van der Waals surface area contributed by atoms with Gasteiger partial charge >= 0.3 is 0 Å². The Morgan fingerprint density at radius 3 is 2.32 bits per heavy atom. The Bertz CT molecular complexity index is 621. The minimum absolute atomic E-state index is 0.104. The second-order valence-corrected chi connectivity index (χ2v) is 4.64. The van der Waals surface area contributed by atoms with Crippen molar-refractivity contribution in [1.82, 2.24) is 0 Å². The zero-order chi connectivity index (χ0) is 14.0. The molecular formula is C13H10Cl2N2O2. The van der Waals surface area contributed by atoms with E-state index in [4.69, 9.17) is 28.9 Å². The molecule has 0 aliphatic rings. The lowest BCUT2D eigenvalue weighted by atomic mass is 10.2. The molecule has 2 aromatic rings. The third-order valence-corrected chi connectivity index (χ3v) is 3.11. The molecule has 98 valence electrons. The van der Waals surface area contributed by atoms with Crippen LogP contribution in [-0.4, -0.2) is 11.0 Å². The number of aromatic hydroxyl groups is 1. The molecule has 0 aliphatic carbocycles. The molecule has 2 aromatic carbocycles. The molecule has 1 amide bonds. The largest absolute Gasteiger partial charge is 0.507 e. The number of nitrogens with two attached hydrogens (primary N) is 1. The monoisotopic (exact) mass is 296 g/mol. The molecule has 0 atom stereocenters. The predicted octanol–water partition coefficient (Wildman–Crippen LogP) is 3.53. The van der Waals surface area contributed by atoms with Crippen molar-refractivity contribution in [2.45, 2.75) is 0 Å². The summed E-state index contributed by atoms with van der Waals surface area (Å²) in [6.45, 7) is 0. The quantitative estimate of drug-likeness (QED) is 0.742. The van der Waals surface area contributed by atoms with Crippen LogP contribution in [0.5, 0.6) is 5.75 Å². The number of benzene rings is 2. The van der Waals surface area contributed by atoms with Gasteiger partial charge in [-0.15, -0.1) is 0 Å². The number of para-hydroxylation sites is 1. The van der Waals surface area contributed by atoms with Gasteiger partial charge in [-0.05, 0) is 24.3 Å². The Hall–Kier alpha value is -1.91. The maximum absolute atomic E-state index is 12.0. The normalized spacial score (nSPS) is 10.2. The molecule has 0 unspecified atom stereocenters. The zero-order valence-electron chi connectivity index (χ0n) is 9.65. The van der Waals surface area contributed by atoms with E-state index < -0.39 is 5.91 Å². The molecule has 19 heavy (non-hydrogen) atoms. The molecule has 6 heteroatoms. The molecule has 0 radical (unpaired) electrons. The summed E-state index contributed by atoms with van der Waals surface area (Å²) in [5.41, 5.74) is 6.41. The fraction of sp³-hybridized carbons (Fsp3) is 0. The van der Waals surface area contributed by atoms with E-state index in [1.807, 2.05) is 0 Å². The second-order valence-electron chi connectivity index (χ2n) is 3.82. The number of carbonyl (C=O) groups excluding carboxylic acids is 1. The van der Waals surface area contributed by atoms with Crippen LogP contribution < -0.4 is 11.1 Å². The average molecular weight is 297 g/mol. The summed E-state index contributed by atoms with van der Waals surface area (Å²) in [6, 6.07) is 9.19. The van der Waals surface area contributed by atoms with Crippen molar-refractivity contribution < 1.29 is 9.90 Å². The first kappa shape index (κ1) is 13.5. The summed E-state index contributed by atoms with van der Waals surface area (Å²) < 4.78 is 0. The van der Waals surface area contributed by atoms with Crippen LogP contribution in [0, 0.1) is 0 Å². The van der Waals surface area contributed by atoms with Gasteiger partial charge in [0.2, 0.25) is 0 Å². The Morgan fingerprint density at radius 2 is 1.74 bits per heavy atom. The van der Waals surface area contributed by atoms with E-state index in [1.165, 1.54) is 24.3 Å². The molecule has 0 aromatic heterocycles. The van der Waals surface area contributed by atoms with Gasteiger partial charge < -0.3 is 16.2 Å². The maximum Gasteiger partial charge on any atom is 0.259 e. The van der Waals surface area contributed by atoms with Crippen molar-refractivity contribution in [3.05, 3.63) is 52.0 Å². The Labute approximate surface area is 119 Å². The van der Waals surface area contributed by atoms with Crippen molar-refractivity contribution in [2.75, 3.05) is 11.1 Å². The number of halogens is 2. The van der Waals surface area contributed by atoms with Gasteiger partial charge in [0.15, 0.2) is 0 Å². The van der Waals surface area contributed by atoms with Gasteiger partial charge in [-0.25, -0.2) is 0 Å². The highest BCUT2D eigenvalue weighted by atomic mass is 35.5. The number of hydrogen-bond donors (Lipinski definition) is 3. The zero-order valence-corrected chi connectivity index (χ0v) is 11.2. The fourth-order valence-electron chi connectivity index (χ4n) is 1.52. The Kier molecular flexibility index (Phi) is 3.83. The number of phenols is 1. The molecule has 0 aliphatic heterocycles. The molecule has 0 saturated heterocycles. The summed E-state index contributed by atoms with van der Waals surface area (Å²) in [6.07, 6.45) is 0. The number of carbonyl (C=O) groups is 1. The lowest BCUT2D eigenvalue weighted by Gasteiger charge is -2.09. The van der Waals surface area contributed by atoms with E-state index in [1.54, 1.807) is 12.1 Å². The van der Waals surface area contributed by atoms with Gasteiger partial charge in [0.05, 0.1) is 21.3 Å². The number of hydrogen-bond acceptors (Lipinski definition) is 3.